The van der Waals surface area contributed by atoms with Crippen LogP contribution in [0.4, 0.5) is 26.3 Å². The summed E-state index contributed by atoms with van der Waals surface area (Å²) < 4.78 is 82.7. The van der Waals surface area contributed by atoms with Crippen LogP contribution in [0, 0.1) is 5.92 Å². The molecule has 2 aliphatic rings. The summed E-state index contributed by atoms with van der Waals surface area (Å²) in [5.41, 5.74) is 2.33. The molecule has 41 heavy (non-hydrogen) atoms. The average molecular weight is 601 g/mol. The molecule has 17 heteroatoms. The maximum absolute atomic E-state index is 10.6. The van der Waals surface area contributed by atoms with Gasteiger partial charge >= 0.3 is 24.3 Å². The van der Waals surface area contributed by atoms with Gasteiger partial charge in [0.1, 0.15) is 0 Å². The predicted octanol–water partition coefficient (Wildman–Crippen LogP) is 3.55. The van der Waals surface area contributed by atoms with E-state index in [1.807, 2.05) is 18.6 Å². The summed E-state index contributed by atoms with van der Waals surface area (Å²) in [5.74, 6) is -4.19. The van der Waals surface area contributed by atoms with Crippen molar-refractivity contribution in [2.75, 3.05) is 40.1 Å². The Balaban J connectivity index is 0.000000349. The summed E-state index contributed by atoms with van der Waals surface area (Å²) in [5, 5.41) is 14.2. The number of ether oxygens (including phenoxy) is 3. The lowest BCUT2D eigenvalue weighted by molar-refractivity contribution is -0.193. The normalized spacial score (nSPS) is 17.8. The molecule has 1 unspecified atom stereocenters. The number of carboxylic acids is 2. The number of hydrogen-bond acceptors (Lipinski definition) is 8. The Labute approximate surface area is 230 Å². The van der Waals surface area contributed by atoms with Gasteiger partial charge in [-0.15, -0.1) is 0 Å². The molecule has 1 atom stereocenters. The smallest absolute Gasteiger partial charge is 0.481 e. The van der Waals surface area contributed by atoms with Crippen LogP contribution in [0.25, 0.3) is 0 Å². The van der Waals surface area contributed by atoms with Crippen molar-refractivity contribution in [2.45, 2.75) is 44.3 Å². The molecule has 2 aromatic rings. The molecule has 0 aromatic carbocycles. The fourth-order valence-electron chi connectivity index (χ4n) is 3.97. The standard InChI is InChI=1S/C20H28N4O3.2C2HF3O2/c1-25-20-17(3-2-6-22-20)10-23-11-18-9-21-15-24(18)19(12-23)14-27-13-16-4-7-26-8-5-16;2*3-2(4,5)1(6)7/h2-3,6,9,15-16,19H,4-5,7-8,10-14H2,1H3;2*(H,6,7). The van der Waals surface area contributed by atoms with E-state index in [9.17, 15) is 26.3 Å². The fourth-order valence-corrected chi connectivity index (χ4v) is 3.97. The molecule has 0 amide bonds. The molecule has 0 aliphatic carbocycles. The lowest BCUT2D eigenvalue weighted by Crippen LogP contribution is -2.38. The molecule has 4 heterocycles. The molecule has 0 saturated carbocycles. The van der Waals surface area contributed by atoms with E-state index in [1.165, 1.54) is 5.69 Å². The number of pyridine rings is 1. The van der Waals surface area contributed by atoms with Gasteiger partial charge in [-0.1, -0.05) is 6.07 Å². The number of halogens is 6. The number of alkyl halides is 6. The Morgan fingerprint density at radius 1 is 1.07 bits per heavy atom. The SMILES string of the molecule is COc1ncccc1CN1Cc2cncn2C(COCC2CCOCC2)C1.O=C(O)C(F)(F)F.O=C(O)C(F)(F)F. The molecule has 0 spiro atoms. The van der Waals surface area contributed by atoms with Crippen molar-refractivity contribution in [1.82, 2.24) is 19.4 Å². The van der Waals surface area contributed by atoms with Crippen LogP contribution >= 0.6 is 0 Å². The first-order valence-corrected chi connectivity index (χ1v) is 12.2. The summed E-state index contributed by atoms with van der Waals surface area (Å²) in [6.45, 7) is 5.86. The second-order valence-corrected chi connectivity index (χ2v) is 8.99. The summed E-state index contributed by atoms with van der Waals surface area (Å²) >= 11 is 0. The van der Waals surface area contributed by atoms with Crippen molar-refractivity contribution >= 4 is 11.9 Å². The van der Waals surface area contributed by atoms with Crippen molar-refractivity contribution < 1.29 is 60.4 Å². The molecule has 1 saturated heterocycles. The van der Waals surface area contributed by atoms with Gasteiger partial charge in [-0.25, -0.2) is 19.6 Å². The number of hydrogen-bond donors (Lipinski definition) is 2. The molecule has 0 radical (unpaired) electrons. The Kier molecular flexibility index (Phi) is 12.8. The topological polar surface area (TPSA) is 136 Å². The van der Waals surface area contributed by atoms with E-state index in [0.29, 0.717) is 18.4 Å². The van der Waals surface area contributed by atoms with Crippen LogP contribution in [0.15, 0.2) is 30.9 Å². The first-order valence-electron chi connectivity index (χ1n) is 12.2. The molecule has 0 bridgehead atoms. The Bertz CT molecular complexity index is 1080. The summed E-state index contributed by atoms with van der Waals surface area (Å²) in [7, 11) is 1.67. The zero-order chi connectivity index (χ0) is 30.6. The molecular weight excluding hydrogens is 570 g/mol. The number of aromatic nitrogens is 3. The van der Waals surface area contributed by atoms with Gasteiger partial charge in [0.15, 0.2) is 0 Å². The number of fused-ring (bicyclic) bond motifs is 1. The van der Waals surface area contributed by atoms with E-state index >= 15 is 0 Å². The first kappa shape index (κ1) is 33.8. The van der Waals surface area contributed by atoms with Crippen LogP contribution in [0.5, 0.6) is 5.88 Å². The third kappa shape index (κ3) is 11.5. The quantitative estimate of drug-likeness (QED) is 0.454. The molecule has 1 fully saturated rings. The molecule has 4 rings (SSSR count). The highest BCUT2D eigenvalue weighted by Gasteiger charge is 2.39. The van der Waals surface area contributed by atoms with Crippen molar-refractivity contribution in [3.8, 4) is 5.88 Å². The minimum Gasteiger partial charge on any atom is -0.481 e. The zero-order valence-corrected chi connectivity index (χ0v) is 21.9. The molecule has 2 aliphatic heterocycles. The van der Waals surface area contributed by atoms with Crippen LogP contribution in [0.2, 0.25) is 0 Å². The number of nitrogens with zero attached hydrogens (tertiary/aromatic N) is 4. The maximum Gasteiger partial charge on any atom is 0.490 e. The van der Waals surface area contributed by atoms with Gasteiger partial charge in [0, 0.05) is 57.4 Å². The summed E-state index contributed by atoms with van der Waals surface area (Å²) in [4.78, 5) is 28.9. The van der Waals surface area contributed by atoms with E-state index in [-0.39, 0.29) is 6.04 Å². The molecule has 11 nitrogen and oxygen atoms in total. The lowest BCUT2D eigenvalue weighted by atomic mass is 10.0. The Hall–Kier alpha value is -3.44. The van der Waals surface area contributed by atoms with E-state index < -0.39 is 24.3 Å². The van der Waals surface area contributed by atoms with Gasteiger partial charge in [0.25, 0.3) is 0 Å². The van der Waals surface area contributed by atoms with Gasteiger partial charge in [-0.05, 0) is 24.8 Å². The highest BCUT2D eigenvalue weighted by molar-refractivity contribution is 5.73. The lowest BCUT2D eigenvalue weighted by Gasteiger charge is -2.34. The third-order valence-corrected chi connectivity index (χ3v) is 5.92. The monoisotopic (exact) mass is 600 g/mol. The van der Waals surface area contributed by atoms with Crippen LogP contribution in [0.3, 0.4) is 0 Å². The second kappa shape index (κ2) is 15.5. The number of imidazole rings is 1. The predicted molar refractivity (Wildman–Crippen MR) is 128 cm³/mol. The summed E-state index contributed by atoms with van der Waals surface area (Å²) in [6, 6.07) is 4.31. The largest absolute Gasteiger partial charge is 0.490 e. The van der Waals surface area contributed by atoms with E-state index in [1.54, 1.807) is 13.3 Å². The molecule has 230 valence electrons. The third-order valence-electron chi connectivity index (χ3n) is 5.92. The second-order valence-electron chi connectivity index (χ2n) is 8.99. The highest BCUT2D eigenvalue weighted by atomic mass is 19.4. The molecular formula is C24H30F6N4O7. The van der Waals surface area contributed by atoms with Crippen LogP contribution in [-0.2, 0) is 32.2 Å². The van der Waals surface area contributed by atoms with Gasteiger partial charge < -0.3 is 29.0 Å². The Morgan fingerprint density at radius 2 is 1.68 bits per heavy atom. The maximum atomic E-state index is 10.6. The van der Waals surface area contributed by atoms with Gasteiger partial charge in [0.2, 0.25) is 5.88 Å². The molecule has 2 N–H and O–H groups in total. The van der Waals surface area contributed by atoms with E-state index in [4.69, 9.17) is 34.0 Å². The van der Waals surface area contributed by atoms with Gasteiger partial charge in [0.05, 0.1) is 31.8 Å². The number of carboxylic acid groups (broad SMARTS) is 2. The fraction of sp³-hybridized carbons (Fsp3) is 0.583. The zero-order valence-electron chi connectivity index (χ0n) is 21.9. The van der Waals surface area contributed by atoms with Crippen molar-refractivity contribution in [2.24, 2.45) is 5.92 Å². The van der Waals surface area contributed by atoms with Crippen molar-refractivity contribution in [1.29, 1.82) is 0 Å². The number of aliphatic carboxylic acids is 2. The van der Waals surface area contributed by atoms with Crippen LogP contribution < -0.4 is 4.74 Å². The van der Waals surface area contributed by atoms with Crippen LogP contribution in [0.1, 0.15) is 30.1 Å². The van der Waals surface area contributed by atoms with Gasteiger partial charge in [-0.3, -0.25) is 4.90 Å². The number of carbonyl (C=O) groups is 2. The van der Waals surface area contributed by atoms with E-state index in [2.05, 4.69) is 25.5 Å². The Morgan fingerprint density at radius 3 is 2.24 bits per heavy atom. The van der Waals surface area contributed by atoms with E-state index in [0.717, 1.165) is 57.9 Å². The van der Waals surface area contributed by atoms with Gasteiger partial charge in [-0.2, -0.15) is 26.3 Å². The minimum absolute atomic E-state index is 0.277. The average Bonchev–Trinajstić information content (AvgIpc) is 3.38. The highest BCUT2D eigenvalue weighted by Crippen LogP contribution is 2.25. The summed E-state index contributed by atoms with van der Waals surface area (Å²) in [6.07, 6.45) is -2.31. The van der Waals surface area contributed by atoms with Crippen molar-refractivity contribution in [3.63, 3.8) is 0 Å². The number of methoxy groups -OCH3 is 1. The minimum atomic E-state index is -5.08. The first-order chi connectivity index (χ1) is 19.2. The number of rotatable bonds is 7. The van der Waals surface area contributed by atoms with Crippen LogP contribution in [-0.4, -0.2) is 94.0 Å². The van der Waals surface area contributed by atoms with Crippen molar-refractivity contribution in [3.05, 3.63) is 42.1 Å². The molecule has 2 aromatic heterocycles.